The Hall–Kier alpha value is 0.270. The zero-order chi connectivity index (χ0) is 8.23. The SMILES string of the molecule is C1CC(CNC2CCSC2)CO1. The van der Waals surface area contributed by atoms with Crippen molar-refractivity contribution in [2.24, 2.45) is 5.92 Å². The molecule has 2 aliphatic heterocycles. The number of hydrogen-bond acceptors (Lipinski definition) is 3. The summed E-state index contributed by atoms with van der Waals surface area (Å²) in [6, 6.07) is 0.788. The van der Waals surface area contributed by atoms with Crippen LogP contribution in [0.5, 0.6) is 0 Å². The van der Waals surface area contributed by atoms with Crippen LogP contribution < -0.4 is 5.32 Å². The van der Waals surface area contributed by atoms with Crippen LogP contribution in [0, 0.1) is 5.92 Å². The summed E-state index contributed by atoms with van der Waals surface area (Å²) in [7, 11) is 0. The molecule has 2 atom stereocenters. The minimum absolute atomic E-state index is 0.788. The molecule has 0 bridgehead atoms. The minimum Gasteiger partial charge on any atom is -0.381 e. The number of rotatable bonds is 3. The van der Waals surface area contributed by atoms with Crippen molar-refractivity contribution in [1.82, 2.24) is 5.32 Å². The average molecular weight is 187 g/mol. The molecule has 2 unspecified atom stereocenters. The molecule has 70 valence electrons. The molecule has 0 aromatic carbocycles. The lowest BCUT2D eigenvalue weighted by Gasteiger charge is -2.13. The van der Waals surface area contributed by atoms with E-state index >= 15 is 0 Å². The molecular formula is C9H17NOS. The number of hydrogen-bond donors (Lipinski definition) is 1. The van der Waals surface area contributed by atoms with Crippen molar-refractivity contribution in [2.45, 2.75) is 18.9 Å². The van der Waals surface area contributed by atoms with Gasteiger partial charge in [-0.2, -0.15) is 11.8 Å². The largest absolute Gasteiger partial charge is 0.381 e. The third-order valence-corrected chi connectivity index (χ3v) is 3.81. The zero-order valence-corrected chi connectivity index (χ0v) is 8.24. The molecule has 2 nitrogen and oxygen atoms in total. The fraction of sp³-hybridized carbons (Fsp3) is 1.00. The Kier molecular flexibility index (Phi) is 3.31. The van der Waals surface area contributed by atoms with Crippen LogP contribution in [0.15, 0.2) is 0 Å². The fourth-order valence-corrected chi connectivity index (χ4v) is 2.96. The Morgan fingerprint density at radius 1 is 1.42 bits per heavy atom. The molecule has 2 fully saturated rings. The van der Waals surface area contributed by atoms with Crippen LogP contribution in [0.2, 0.25) is 0 Å². The van der Waals surface area contributed by atoms with Crippen LogP contribution in [0.25, 0.3) is 0 Å². The van der Waals surface area contributed by atoms with Gasteiger partial charge in [0.25, 0.3) is 0 Å². The van der Waals surface area contributed by atoms with Gasteiger partial charge in [0.2, 0.25) is 0 Å². The van der Waals surface area contributed by atoms with Gasteiger partial charge in [0.1, 0.15) is 0 Å². The Morgan fingerprint density at radius 2 is 2.42 bits per heavy atom. The van der Waals surface area contributed by atoms with Gasteiger partial charge in [-0.1, -0.05) is 0 Å². The van der Waals surface area contributed by atoms with Gasteiger partial charge in [-0.3, -0.25) is 0 Å². The van der Waals surface area contributed by atoms with E-state index in [0.29, 0.717) is 0 Å². The lowest BCUT2D eigenvalue weighted by molar-refractivity contribution is 0.184. The molecule has 0 spiro atoms. The predicted molar refractivity (Wildman–Crippen MR) is 52.7 cm³/mol. The molecule has 0 amide bonds. The van der Waals surface area contributed by atoms with Gasteiger partial charge < -0.3 is 10.1 Å². The van der Waals surface area contributed by atoms with Crippen molar-refractivity contribution in [3.05, 3.63) is 0 Å². The first-order chi connectivity index (χ1) is 5.95. The van der Waals surface area contributed by atoms with Crippen LogP contribution in [0.4, 0.5) is 0 Å². The Bertz CT molecular complexity index is 114. The second-order valence-electron chi connectivity index (χ2n) is 3.70. The number of thioether (sulfide) groups is 1. The Balaban J connectivity index is 1.60. The summed E-state index contributed by atoms with van der Waals surface area (Å²) in [5.74, 6) is 3.45. The van der Waals surface area contributed by atoms with Gasteiger partial charge in [0, 0.05) is 24.9 Å². The van der Waals surface area contributed by atoms with Crippen molar-refractivity contribution in [3.63, 3.8) is 0 Å². The van der Waals surface area contributed by atoms with Crippen molar-refractivity contribution in [3.8, 4) is 0 Å². The van der Waals surface area contributed by atoms with E-state index in [0.717, 1.165) is 25.2 Å². The molecule has 2 saturated heterocycles. The van der Waals surface area contributed by atoms with Crippen LogP contribution in [0.1, 0.15) is 12.8 Å². The summed E-state index contributed by atoms with van der Waals surface area (Å²) in [6.07, 6.45) is 2.62. The third kappa shape index (κ3) is 2.38. The molecule has 0 saturated carbocycles. The quantitative estimate of drug-likeness (QED) is 0.715. The first-order valence-corrected chi connectivity index (χ1v) is 5.99. The maximum Gasteiger partial charge on any atom is 0.0507 e. The molecule has 2 aliphatic rings. The lowest BCUT2D eigenvalue weighted by atomic mass is 10.1. The van der Waals surface area contributed by atoms with Crippen LogP contribution in [-0.2, 0) is 4.74 Å². The highest BCUT2D eigenvalue weighted by molar-refractivity contribution is 7.99. The zero-order valence-electron chi connectivity index (χ0n) is 7.42. The minimum atomic E-state index is 0.788. The standard InChI is InChI=1S/C9H17NOS/c1-3-11-6-8(1)5-10-9-2-4-12-7-9/h8-10H,1-7H2. The van der Waals surface area contributed by atoms with Gasteiger partial charge in [-0.05, 0) is 24.5 Å². The second-order valence-corrected chi connectivity index (χ2v) is 4.85. The van der Waals surface area contributed by atoms with E-state index in [1.807, 2.05) is 0 Å². The first kappa shape index (κ1) is 8.85. The van der Waals surface area contributed by atoms with Gasteiger partial charge in [0.15, 0.2) is 0 Å². The summed E-state index contributed by atoms with van der Waals surface area (Å²) in [4.78, 5) is 0. The predicted octanol–water partition coefficient (Wildman–Crippen LogP) is 1.12. The summed E-state index contributed by atoms with van der Waals surface area (Å²) in [5, 5.41) is 3.62. The summed E-state index contributed by atoms with van der Waals surface area (Å²) in [6.45, 7) is 3.13. The third-order valence-electron chi connectivity index (χ3n) is 2.65. The molecular weight excluding hydrogens is 170 g/mol. The maximum absolute atomic E-state index is 5.33. The van der Waals surface area contributed by atoms with Gasteiger partial charge in [-0.25, -0.2) is 0 Å². The van der Waals surface area contributed by atoms with Crippen LogP contribution >= 0.6 is 11.8 Å². The molecule has 0 aliphatic carbocycles. The summed E-state index contributed by atoms with van der Waals surface area (Å²) >= 11 is 2.07. The monoisotopic (exact) mass is 187 g/mol. The second kappa shape index (κ2) is 4.49. The first-order valence-electron chi connectivity index (χ1n) is 4.84. The highest BCUT2D eigenvalue weighted by Gasteiger charge is 2.19. The molecule has 0 aromatic heterocycles. The molecule has 2 rings (SSSR count). The Morgan fingerprint density at radius 3 is 3.08 bits per heavy atom. The van der Waals surface area contributed by atoms with Crippen molar-refractivity contribution in [2.75, 3.05) is 31.3 Å². The topological polar surface area (TPSA) is 21.3 Å². The number of nitrogens with one attached hydrogen (secondary N) is 1. The lowest BCUT2D eigenvalue weighted by Crippen LogP contribution is -2.33. The molecule has 0 aromatic rings. The highest BCUT2D eigenvalue weighted by atomic mass is 32.2. The molecule has 12 heavy (non-hydrogen) atoms. The normalized spacial score (nSPS) is 36.0. The van der Waals surface area contributed by atoms with E-state index in [2.05, 4.69) is 17.1 Å². The van der Waals surface area contributed by atoms with E-state index in [-0.39, 0.29) is 0 Å². The van der Waals surface area contributed by atoms with Crippen molar-refractivity contribution in [1.29, 1.82) is 0 Å². The number of ether oxygens (including phenoxy) is 1. The summed E-state index contributed by atoms with van der Waals surface area (Å²) < 4.78 is 5.33. The van der Waals surface area contributed by atoms with Gasteiger partial charge in [0.05, 0.1) is 6.61 Å². The molecule has 1 N–H and O–H groups in total. The van der Waals surface area contributed by atoms with Crippen molar-refractivity contribution >= 4 is 11.8 Å². The smallest absolute Gasteiger partial charge is 0.0507 e. The van der Waals surface area contributed by atoms with Gasteiger partial charge >= 0.3 is 0 Å². The van der Waals surface area contributed by atoms with E-state index in [1.165, 1.54) is 30.9 Å². The van der Waals surface area contributed by atoms with E-state index in [4.69, 9.17) is 4.74 Å². The van der Waals surface area contributed by atoms with E-state index in [9.17, 15) is 0 Å². The molecule has 3 heteroatoms. The average Bonchev–Trinajstić information content (AvgIpc) is 2.74. The fourth-order valence-electron chi connectivity index (χ4n) is 1.77. The van der Waals surface area contributed by atoms with E-state index in [1.54, 1.807) is 0 Å². The van der Waals surface area contributed by atoms with Crippen LogP contribution in [-0.4, -0.2) is 37.3 Å². The van der Waals surface area contributed by atoms with Crippen LogP contribution in [0.3, 0.4) is 0 Å². The maximum atomic E-state index is 5.33. The highest BCUT2D eigenvalue weighted by Crippen LogP contribution is 2.18. The summed E-state index contributed by atoms with van der Waals surface area (Å²) in [5.41, 5.74) is 0. The molecule has 2 heterocycles. The van der Waals surface area contributed by atoms with Crippen molar-refractivity contribution < 1.29 is 4.74 Å². The Labute approximate surface area is 78.4 Å². The van der Waals surface area contributed by atoms with Gasteiger partial charge in [-0.15, -0.1) is 0 Å². The van der Waals surface area contributed by atoms with E-state index < -0.39 is 0 Å². The molecule has 0 radical (unpaired) electrons.